The third kappa shape index (κ3) is 7.95. The average Bonchev–Trinajstić information content (AvgIpc) is 2.99. The Balaban J connectivity index is 1.53. The minimum absolute atomic E-state index is 0.0436. The molecule has 1 aliphatic heterocycles. The molecule has 4 N–H and O–H groups in total. The Labute approximate surface area is 246 Å². The van der Waals surface area contributed by atoms with Crippen LogP contribution in [0.2, 0.25) is 0 Å². The predicted molar refractivity (Wildman–Crippen MR) is 153 cm³/mol. The fraction of sp³-hybridized carbons (Fsp3) is 0.226. The summed E-state index contributed by atoms with van der Waals surface area (Å²) in [6.07, 6.45) is -0.874. The Morgan fingerprint density at radius 3 is 2.33 bits per heavy atom. The van der Waals surface area contributed by atoms with Crippen LogP contribution >= 0.6 is 0 Å². The quantitative estimate of drug-likeness (QED) is 0.232. The Morgan fingerprint density at radius 1 is 0.953 bits per heavy atom. The first-order chi connectivity index (χ1) is 20.6. The number of hydrogen-bond donors (Lipinski definition) is 4. The van der Waals surface area contributed by atoms with Gasteiger partial charge in [-0.2, -0.15) is 5.26 Å². The fourth-order valence-electron chi connectivity index (χ4n) is 4.50. The smallest absolute Gasteiger partial charge is 0.326 e. The van der Waals surface area contributed by atoms with Gasteiger partial charge in [0.05, 0.1) is 23.9 Å². The van der Waals surface area contributed by atoms with Crippen LogP contribution in [-0.2, 0) is 36.9 Å². The van der Waals surface area contributed by atoms with Gasteiger partial charge in [-0.25, -0.2) is 4.79 Å². The van der Waals surface area contributed by atoms with Gasteiger partial charge in [0, 0.05) is 18.2 Å². The number of aliphatic carboxylic acids is 2. The van der Waals surface area contributed by atoms with Gasteiger partial charge >= 0.3 is 11.9 Å². The molecule has 0 fully saturated rings. The lowest BCUT2D eigenvalue weighted by Gasteiger charge is -2.30. The predicted octanol–water partition coefficient (Wildman–Crippen LogP) is 2.72. The van der Waals surface area contributed by atoms with Gasteiger partial charge in [0.25, 0.3) is 5.91 Å². The van der Waals surface area contributed by atoms with Crippen LogP contribution in [0.25, 0.3) is 0 Å². The van der Waals surface area contributed by atoms with E-state index < -0.39 is 42.1 Å². The van der Waals surface area contributed by atoms with E-state index in [1.54, 1.807) is 66.7 Å². The second-order valence-corrected chi connectivity index (χ2v) is 9.82. The van der Waals surface area contributed by atoms with E-state index in [4.69, 9.17) is 15.1 Å². The molecule has 1 heterocycles. The van der Waals surface area contributed by atoms with E-state index in [2.05, 4.69) is 10.6 Å². The lowest BCUT2D eigenvalue weighted by Crippen LogP contribution is -2.47. The molecule has 43 heavy (non-hydrogen) atoms. The number of nitriles is 1. The molecule has 1 aliphatic rings. The molecule has 0 aliphatic carbocycles. The number of fused-ring (bicyclic) bond motifs is 1. The summed E-state index contributed by atoms with van der Waals surface area (Å²) in [6, 6.07) is 20.7. The van der Waals surface area contributed by atoms with Crippen LogP contribution in [0, 0.1) is 17.2 Å². The highest BCUT2D eigenvalue weighted by atomic mass is 16.5. The molecular weight excluding hydrogens is 556 g/mol. The minimum atomic E-state index is -1.49. The molecule has 2 atom stereocenters. The van der Waals surface area contributed by atoms with E-state index >= 15 is 0 Å². The lowest BCUT2D eigenvalue weighted by molar-refractivity contribution is -0.144. The summed E-state index contributed by atoms with van der Waals surface area (Å²) in [5.74, 6) is -5.51. The number of nitrogens with zero attached hydrogens (tertiary/aromatic N) is 2. The summed E-state index contributed by atoms with van der Waals surface area (Å²) in [6.45, 7) is 0.00515. The second kappa shape index (κ2) is 13.8. The molecule has 0 bridgehead atoms. The second-order valence-electron chi connectivity index (χ2n) is 9.82. The number of carboxylic acids is 2. The number of amides is 3. The van der Waals surface area contributed by atoms with Gasteiger partial charge in [-0.1, -0.05) is 42.5 Å². The highest BCUT2D eigenvalue weighted by Gasteiger charge is 2.32. The molecule has 0 saturated heterocycles. The Hall–Kier alpha value is -5.70. The Kier molecular flexibility index (Phi) is 9.70. The van der Waals surface area contributed by atoms with Gasteiger partial charge in [-0.3, -0.25) is 19.2 Å². The number of nitrogens with one attached hydrogen (secondary N) is 2. The first kappa shape index (κ1) is 30.3. The summed E-state index contributed by atoms with van der Waals surface area (Å²) in [7, 11) is 0. The number of rotatable bonds is 12. The molecule has 0 radical (unpaired) electrons. The topological polar surface area (TPSA) is 186 Å². The van der Waals surface area contributed by atoms with Gasteiger partial charge in [0.15, 0.2) is 6.61 Å². The molecule has 4 rings (SSSR count). The highest BCUT2D eigenvalue weighted by Crippen LogP contribution is 2.35. The molecule has 0 spiro atoms. The number of anilines is 2. The van der Waals surface area contributed by atoms with Crippen LogP contribution in [0.5, 0.6) is 5.75 Å². The number of carbonyl (C=O) groups excluding carboxylic acids is 3. The molecule has 3 amide bonds. The molecule has 3 aromatic carbocycles. The van der Waals surface area contributed by atoms with E-state index in [1.165, 1.54) is 11.0 Å². The summed E-state index contributed by atoms with van der Waals surface area (Å²) < 4.78 is 5.61. The number of carboxylic acid groups (broad SMARTS) is 2. The fourth-order valence-corrected chi connectivity index (χ4v) is 4.50. The maximum atomic E-state index is 13.4. The van der Waals surface area contributed by atoms with Crippen molar-refractivity contribution in [2.24, 2.45) is 5.92 Å². The van der Waals surface area contributed by atoms with Gasteiger partial charge in [0.1, 0.15) is 17.7 Å². The number of ether oxygens (including phenoxy) is 1. The van der Waals surface area contributed by atoms with Crippen molar-refractivity contribution in [2.45, 2.75) is 31.8 Å². The van der Waals surface area contributed by atoms with E-state index in [0.29, 0.717) is 22.6 Å². The van der Waals surface area contributed by atoms with Gasteiger partial charge in [-0.05, 0) is 48.2 Å². The monoisotopic (exact) mass is 584 g/mol. The third-order valence-electron chi connectivity index (χ3n) is 6.77. The van der Waals surface area contributed by atoms with Crippen molar-refractivity contribution >= 4 is 41.0 Å². The minimum Gasteiger partial charge on any atom is -0.481 e. The third-order valence-corrected chi connectivity index (χ3v) is 6.77. The molecule has 0 aromatic heterocycles. The zero-order chi connectivity index (χ0) is 30.9. The Bertz CT molecular complexity index is 1570. The molecular formula is C31H28N4O8. The first-order valence-corrected chi connectivity index (χ1v) is 13.3. The SMILES string of the molecule is N#Cc1ccc(CN2C(=O)COc3cc(NC(=O)C(Cc4ccccc4)C(=O)N[C@@H](CCC(=O)O)C(=O)O)ccc32)cc1. The largest absolute Gasteiger partial charge is 0.481 e. The van der Waals surface area contributed by atoms with Crippen molar-refractivity contribution in [1.29, 1.82) is 5.26 Å². The molecule has 0 saturated carbocycles. The van der Waals surface area contributed by atoms with E-state index in [1.807, 2.05) is 6.07 Å². The summed E-state index contributed by atoms with van der Waals surface area (Å²) in [4.78, 5) is 63.4. The molecule has 220 valence electrons. The van der Waals surface area contributed by atoms with Gasteiger partial charge in [-0.15, -0.1) is 0 Å². The average molecular weight is 585 g/mol. The standard InChI is InChI=1S/C31H28N4O8/c32-16-20-6-8-21(9-7-20)17-35-25-12-10-22(15-26(25)43-18-27(35)36)33-29(39)23(14-19-4-2-1-3-5-19)30(40)34-24(31(41)42)11-13-28(37)38/h1-10,12,15,23-24H,11,13-14,17-18H2,(H,33,39)(H,34,40)(H,37,38)(H,41,42)/t23?,24-/m0/s1. The maximum Gasteiger partial charge on any atom is 0.326 e. The van der Waals surface area contributed by atoms with Crippen LogP contribution in [0.15, 0.2) is 72.8 Å². The van der Waals surface area contributed by atoms with Crippen molar-refractivity contribution in [2.75, 3.05) is 16.8 Å². The summed E-state index contributed by atoms with van der Waals surface area (Å²) >= 11 is 0. The maximum absolute atomic E-state index is 13.4. The molecule has 12 heteroatoms. The van der Waals surface area contributed by atoms with Crippen molar-refractivity contribution < 1.29 is 38.9 Å². The van der Waals surface area contributed by atoms with Crippen LogP contribution < -0.4 is 20.3 Å². The lowest BCUT2D eigenvalue weighted by atomic mass is 9.96. The van der Waals surface area contributed by atoms with Crippen LogP contribution in [0.1, 0.15) is 29.5 Å². The van der Waals surface area contributed by atoms with Crippen LogP contribution in [0.4, 0.5) is 11.4 Å². The molecule has 3 aromatic rings. The van der Waals surface area contributed by atoms with Crippen LogP contribution in [-0.4, -0.2) is 52.5 Å². The number of benzene rings is 3. The summed E-state index contributed by atoms with van der Waals surface area (Å²) in [5.41, 5.74) is 2.70. The zero-order valence-electron chi connectivity index (χ0n) is 22.9. The van der Waals surface area contributed by atoms with Crippen LogP contribution in [0.3, 0.4) is 0 Å². The highest BCUT2D eigenvalue weighted by molar-refractivity contribution is 6.07. The van der Waals surface area contributed by atoms with Crippen molar-refractivity contribution in [1.82, 2.24) is 5.32 Å². The zero-order valence-corrected chi connectivity index (χ0v) is 22.9. The number of carbonyl (C=O) groups is 5. The van der Waals surface area contributed by atoms with Crippen molar-refractivity contribution in [3.05, 3.63) is 89.5 Å². The molecule has 1 unspecified atom stereocenters. The van der Waals surface area contributed by atoms with Crippen molar-refractivity contribution in [3.63, 3.8) is 0 Å². The first-order valence-electron chi connectivity index (χ1n) is 13.3. The summed E-state index contributed by atoms with van der Waals surface area (Å²) in [5, 5.41) is 32.4. The normalized spacial score (nSPS) is 13.5. The Morgan fingerprint density at radius 2 is 1.67 bits per heavy atom. The molecule has 12 nitrogen and oxygen atoms in total. The van der Waals surface area contributed by atoms with E-state index in [-0.39, 0.29) is 37.6 Å². The van der Waals surface area contributed by atoms with Gasteiger partial charge < -0.3 is 30.5 Å². The van der Waals surface area contributed by atoms with E-state index in [9.17, 15) is 29.1 Å². The van der Waals surface area contributed by atoms with Crippen molar-refractivity contribution in [3.8, 4) is 11.8 Å². The van der Waals surface area contributed by atoms with E-state index in [0.717, 1.165) is 5.56 Å². The number of hydrogen-bond acceptors (Lipinski definition) is 7. The van der Waals surface area contributed by atoms with Gasteiger partial charge in [0.2, 0.25) is 11.8 Å².